The first-order chi connectivity index (χ1) is 9.13. The second-order valence-corrected chi connectivity index (χ2v) is 6.92. The largest absolute Gasteiger partial charge is 0.313 e. The molecule has 1 aromatic carbocycles. The topological polar surface area (TPSA) is 15.3 Å². The first kappa shape index (κ1) is 15.0. The van der Waals surface area contributed by atoms with Crippen LogP contribution in [0.5, 0.6) is 0 Å². The Labute approximate surface area is 125 Å². The van der Waals surface area contributed by atoms with E-state index in [2.05, 4.69) is 64.3 Å². The molecule has 1 atom stereocenters. The van der Waals surface area contributed by atoms with Crippen LogP contribution in [-0.4, -0.2) is 30.6 Å². The SMILES string of the molecule is CC(C)CN(Cc1ccc(Br)cc1)CC1CCCN1. The van der Waals surface area contributed by atoms with Crippen molar-refractivity contribution in [1.82, 2.24) is 10.2 Å². The fourth-order valence-electron chi connectivity index (χ4n) is 2.79. The number of halogens is 1. The van der Waals surface area contributed by atoms with Crippen molar-refractivity contribution in [3.8, 4) is 0 Å². The molecule has 19 heavy (non-hydrogen) atoms. The highest BCUT2D eigenvalue weighted by Crippen LogP contribution is 2.15. The van der Waals surface area contributed by atoms with Crippen LogP contribution in [0.15, 0.2) is 28.7 Å². The van der Waals surface area contributed by atoms with Crippen LogP contribution in [0.4, 0.5) is 0 Å². The minimum absolute atomic E-state index is 0.689. The van der Waals surface area contributed by atoms with E-state index in [1.807, 2.05) is 0 Å². The highest BCUT2D eigenvalue weighted by atomic mass is 79.9. The summed E-state index contributed by atoms with van der Waals surface area (Å²) in [7, 11) is 0. The number of nitrogens with zero attached hydrogens (tertiary/aromatic N) is 1. The first-order valence-corrected chi connectivity index (χ1v) is 8.13. The molecule has 0 aliphatic carbocycles. The van der Waals surface area contributed by atoms with Gasteiger partial charge in [-0.1, -0.05) is 41.9 Å². The number of nitrogens with one attached hydrogen (secondary N) is 1. The summed E-state index contributed by atoms with van der Waals surface area (Å²) >= 11 is 3.50. The van der Waals surface area contributed by atoms with Crippen LogP contribution in [-0.2, 0) is 6.54 Å². The maximum absolute atomic E-state index is 3.61. The summed E-state index contributed by atoms with van der Waals surface area (Å²) in [5.41, 5.74) is 1.40. The third kappa shape index (κ3) is 5.25. The fourth-order valence-corrected chi connectivity index (χ4v) is 3.06. The van der Waals surface area contributed by atoms with Crippen molar-refractivity contribution >= 4 is 15.9 Å². The molecule has 0 saturated carbocycles. The second kappa shape index (κ2) is 7.41. The molecular formula is C16H25BrN2. The molecule has 1 unspecified atom stereocenters. The first-order valence-electron chi connectivity index (χ1n) is 7.33. The Kier molecular flexibility index (Phi) is 5.86. The lowest BCUT2D eigenvalue weighted by atomic mass is 10.1. The molecule has 1 heterocycles. The van der Waals surface area contributed by atoms with Gasteiger partial charge in [0, 0.05) is 30.1 Å². The standard InChI is InChI=1S/C16H25BrN2/c1-13(2)10-19(12-16-4-3-9-18-16)11-14-5-7-15(17)8-6-14/h5-8,13,16,18H,3-4,9-12H2,1-2H3. The van der Waals surface area contributed by atoms with Crippen LogP contribution in [0.2, 0.25) is 0 Å². The maximum Gasteiger partial charge on any atom is 0.0234 e. The molecular weight excluding hydrogens is 300 g/mol. The van der Waals surface area contributed by atoms with Gasteiger partial charge in [0.05, 0.1) is 0 Å². The normalized spacial score (nSPS) is 19.5. The maximum atomic E-state index is 3.61. The summed E-state index contributed by atoms with van der Waals surface area (Å²) < 4.78 is 1.16. The molecule has 1 aliphatic rings. The smallest absolute Gasteiger partial charge is 0.0234 e. The minimum Gasteiger partial charge on any atom is -0.313 e. The summed E-state index contributed by atoms with van der Waals surface area (Å²) in [4.78, 5) is 2.59. The Morgan fingerprint density at radius 1 is 1.32 bits per heavy atom. The van der Waals surface area contributed by atoms with E-state index in [0.717, 1.165) is 16.9 Å². The van der Waals surface area contributed by atoms with E-state index < -0.39 is 0 Å². The van der Waals surface area contributed by atoms with Gasteiger partial charge in [0.25, 0.3) is 0 Å². The van der Waals surface area contributed by atoms with Crippen molar-refractivity contribution in [2.24, 2.45) is 5.92 Å². The van der Waals surface area contributed by atoms with Gasteiger partial charge in [-0.3, -0.25) is 4.90 Å². The summed E-state index contributed by atoms with van der Waals surface area (Å²) in [6.07, 6.45) is 2.66. The van der Waals surface area contributed by atoms with Gasteiger partial charge >= 0.3 is 0 Å². The molecule has 1 saturated heterocycles. The van der Waals surface area contributed by atoms with Crippen molar-refractivity contribution < 1.29 is 0 Å². The van der Waals surface area contributed by atoms with Crippen molar-refractivity contribution in [3.63, 3.8) is 0 Å². The van der Waals surface area contributed by atoms with E-state index in [1.54, 1.807) is 0 Å². The number of hydrogen-bond donors (Lipinski definition) is 1. The molecule has 2 rings (SSSR count). The van der Waals surface area contributed by atoms with Crippen LogP contribution < -0.4 is 5.32 Å². The zero-order chi connectivity index (χ0) is 13.7. The lowest BCUT2D eigenvalue weighted by Gasteiger charge is -2.27. The van der Waals surface area contributed by atoms with Gasteiger partial charge in [-0.15, -0.1) is 0 Å². The van der Waals surface area contributed by atoms with E-state index >= 15 is 0 Å². The monoisotopic (exact) mass is 324 g/mol. The van der Waals surface area contributed by atoms with Crippen LogP contribution in [0.25, 0.3) is 0 Å². The van der Waals surface area contributed by atoms with Crippen LogP contribution in [0, 0.1) is 5.92 Å². The second-order valence-electron chi connectivity index (χ2n) is 6.01. The van der Waals surface area contributed by atoms with Crippen molar-refractivity contribution in [1.29, 1.82) is 0 Å². The van der Waals surface area contributed by atoms with E-state index in [-0.39, 0.29) is 0 Å². The van der Waals surface area contributed by atoms with Crippen molar-refractivity contribution in [3.05, 3.63) is 34.3 Å². The number of benzene rings is 1. The third-order valence-corrected chi connectivity index (χ3v) is 4.11. The molecule has 0 aromatic heterocycles. The van der Waals surface area contributed by atoms with Crippen LogP contribution in [0.1, 0.15) is 32.3 Å². The molecule has 1 aromatic rings. The molecule has 0 bridgehead atoms. The van der Waals surface area contributed by atoms with E-state index in [4.69, 9.17) is 0 Å². The number of rotatable bonds is 6. The lowest BCUT2D eigenvalue weighted by molar-refractivity contribution is 0.216. The Balaban J connectivity index is 1.93. The Morgan fingerprint density at radius 3 is 2.63 bits per heavy atom. The molecule has 2 nitrogen and oxygen atoms in total. The summed E-state index contributed by atoms with van der Waals surface area (Å²) in [6, 6.07) is 9.40. The zero-order valence-corrected chi connectivity index (χ0v) is 13.6. The quantitative estimate of drug-likeness (QED) is 0.859. The van der Waals surface area contributed by atoms with E-state index in [1.165, 1.54) is 38.0 Å². The van der Waals surface area contributed by atoms with Gasteiger partial charge in [0.1, 0.15) is 0 Å². The molecule has 3 heteroatoms. The highest BCUT2D eigenvalue weighted by molar-refractivity contribution is 9.10. The predicted octanol–water partition coefficient (Wildman–Crippen LogP) is 3.66. The Morgan fingerprint density at radius 2 is 2.05 bits per heavy atom. The van der Waals surface area contributed by atoms with Gasteiger partial charge in [0.2, 0.25) is 0 Å². The molecule has 0 spiro atoms. The molecule has 106 valence electrons. The predicted molar refractivity (Wildman–Crippen MR) is 85.3 cm³/mol. The molecule has 1 fully saturated rings. The van der Waals surface area contributed by atoms with E-state index in [0.29, 0.717) is 6.04 Å². The van der Waals surface area contributed by atoms with Gasteiger partial charge in [-0.05, 0) is 43.0 Å². The van der Waals surface area contributed by atoms with Gasteiger partial charge in [0.15, 0.2) is 0 Å². The van der Waals surface area contributed by atoms with Crippen molar-refractivity contribution in [2.75, 3.05) is 19.6 Å². The summed E-state index contributed by atoms with van der Waals surface area (Å²) in [5, 5.41) is 3.61. The molecule has 1 aliphatic heterocycles. The Bertz CT molecular complexity index is 369. The van der Waals surface area contributed by atoms with E-state index in [9.17, 15) is 0 Å². The fraction of sp³-hybridized carbons (Fsp3) is 0.625. The number of hydrogen-bond acceptors (Lipinski definition) is 2. The Hall–Kier alpha value is -0.380. The average Bonchev–Trinajstić information content (AvgIpc) is 2.84. The van der Waals surface area contributed by atoms with Crippen LogP contribution >= 0.6 is 15.9 Å². The minimum atomic E-state index is 0.689. The molecule has 1 N–H and O–H groups in total. The average molecular weight is 325 g/mol. The molecule has 0 amide bonds. The van der Waals surface area contributed by atoms with Crippen LogP contribution in [0.3, 0.4) is 0 Å². The summed E-state index contributed by atoms with van der Waals surface area (Å²) in [5.74, 6) is 0.719. The zero-order valence-electron chi connectivity index (χ0n) is 12.0. The lowest BCUT2D eigenvalue weighted by Crippen LogP contribution is -2.38. The third-order valence-electron chi connectivity index (χ3n) is 3.58. The molecule has 0 radical (unpaired) electrons. The summed E-state index contributed by atoms with van der Waals surface area (Å²) in [6.45, 7) is 9.21. The van der Waals surface area contributed by atoms with Gasteiger partial charge < -0.3 is 5.32 Å². The van der Waals surface area contributed by atoms with Gasteiger partial charge in [-0.25, -0.2) is 0 Å². The van der Waals surface area contributed by atoms with Gasteiger partial charge in [-0.2, -0.15) is 0 Å². The van der Waals surface area contributed by atoms with Crippen molar-refractivity contribution in [2.45, 2.75) is 39.3 Å². The highest BCUT2D eigenvalue weighted by Gasteiger charge is 2.18.